The molecule has 0 aromatic heterocycles. The van der Waals surface area contributed by atoms with Crippen molar-refractivity contribution in [1.29, 1.82) is 0 Å². The molecule has 2 N–H and O–H groups in total. The predicted molar refractivity (Wildman–Crippen MR) is 80.1 cm³/mol. The van der Waals surface area contributed by atoms with Gasteiger partial charge in [-0.25, -0.2) is 0 Å². The van der Waals surface area contributed by atoms with Gasteiger partial charge in [0, 0.05) is 16.9 Å². The molecule has 1 fully saturated rings. The molecule has 0 saturated heterocycles. The lowest BCUT2D eigenvalue weighted by Gasteiger charge is -2.26. The summed E-state index contributed by atoms with van der Waals surface area (Å²) >= 11 is 9.39. The summed E-state index contributed by atoms with van der Waals surface area (Å²) in [5, 5.41) is 13.9. The molecule has 0 unspecified atom stereocenters. The molecule has 1 aliphatic rings. The molecule has 1 amide bonds. The fourth-order valence-corrected chi connectivity index (χ4v) is 3.47. The van der Waals surface area contributed by atoms with Crippen LogP contribution in [-0.2, 0) is 0 Å². The van der Waals surface area contributed by atoms with Crippen molar-refractivity contribution in [1.82, 2.24) is 5.32 Å². The number of aromatic hydroxyl groups is 1. The van der Waals surface area contributed by atoms with Gasteiger partial charge in [-0.05, 0) is 36.5 Å². The maximum atomic E-state index is 12.1. The third-order valence-corrected chi connectivity index (χ3v) is 5.20. The number of phenols is 1. The lowest BCUT2D eigenvalue weighted by Crippen LogP contribution is -2.37. The lowest BCUT2D eigenvalue weighted by atomic mass is 9.89. The summed E-state index contributed by atoms with van der Waals surface area (Å²) in [4.78, 5) is 12.1. The molecular weight excluding hydrogens is 330 g/mol. The highest BCUT2D eigenvalue weighted by Gasteiger charge is 2.33. The van der Waals surface area contributed by atoms with Gasteiger partial charge in [0.25, 0.3) is 5.91 Å². The van der Waals surface area contributed by atoms with Gasteiger partial charge in [0.2, 0.25) is 0 Å². The van der Waals surface area contributed by atoms with E-state index >= 15 is 0 Å². The van der Waals surface area contributed by atoms with Crippen LogP contribution < -0.4 is 5.32 Å². The number of carbonyl (C=O) groups excluding carboxylic acids is 1. The summed E-state index contributed by atoms with van der Waals surface area (Å²) in [5.74, 6) is -0.312. The first-order valence-corrected chi connectivity index (χ1v) is 7.89. The van der Waals surface area contributed by atoms with Crippen molar-refractivity contribution in [2.45, 2.75) is 25.7 Å². The maximum Gasteiger partial charge on any atom is 0.255 e. The molecule has 2 rings (SSSR count). The first-order valence-electron chi connectivity index (χ1n) is 6.39. The first-order chi connectivity index (χ1) is 9.06. The third-order valence-electron chi connectivity index (χ3n) is 3.77. The van der Waals surface area contributed by atoms with E-state index in [2.05, 4.69) is 21.2 Å². The van der Waals surface area contributed by atoms with Gasteiger partial charge >= 0.3 is 0 Å². The third kappa shape index (κ3) is 3.42. The van der Waals surface area contributed by atoms with E-state index in [9.17, 15) is 9.90 Å². The molecule has 0 bridgehead atoms. The molecular formula is C14H17BrClNO2. The second-order valence-corrected chi connectivity index (χ2v) is 6.18. The van der Waals surface area contributed by atoms with E-state index in [0.29, 0.717) is 11.6 Å². The minimum Gasteiger partial charge on any atom is -0.507 e. The Kier molecular flexibility index (Phi) is 4.74. The van der Waals surface area contributed by atoms with Crippen LogP contribution in [0.1, 0.15) is 36.0 Å². The molecule has 1 aromatic carbocycles. The second-order valence-electron chi connectivity index (χ2n) is 5.18. The molecule has 0 radical (unpaired) electrons. The summed E-state index contributed by atoms with van der Waals surface area (Å²) < 4.78 is 0. The lowest BCUT2D eigenvalue weighted by molar-refractivity contribution is 0.0933. The molecule has 5 heteroatoms. The Morgan fingerprint density at radius 1 is 1.42 bits per heavy atom. The average molecular weight is 347 g/mol. The van der Waals surface area contributed by atoms with Gasteiger partial charge in [-0.1, -0.05) is 40.4 Å². The standard InChI is InChI=1S/C14H17BrClNO2/c15-8-14(5-1-2-6-14)9-17-13(19)11-7-10(16)3-4-12(11)18/h3-4,7,18H,1-2,5-6,8-9H2,(H,17,19). The number of nitrogens with one attached hydrogen (secondary N) is 1. The quantitative estimate of drug-likeness (QED) is 0.816. The Morgan fingerprint density at radius 2 is 2.11 bits per heavy atom. The normalized spacial score (nSPS) is 17.4. The Labute approximate surface area is 126 Å². The van der Waals surface area contributed by atoms with Crippen molar-refractivity contribution in [2.24, 2.45) is 5.41 Å². The number of rotatable bonds is 4. The SMILES string of the molecule is O=C(NCC1(CBr)CCCC1)c1cc(Cl)ccc1O. The fraction of sp³-hybridized carbons (Fsp3) is 0.500. The van der Waals surface area contributed by atoms with Crippen LogP contribution in [0.3, 0.4) is 0 Å². The van der Waals surface area contributed by atoms with Crippen molar-refractivity contribution in [2.75, 3.05) is 11.9 Å². The second kappa shape index (κ2) is 6.14. The van der Waals surface area contributed by atoms with E-state index in [1.54, 1.807) is 6.07 Å². The zero-order valence-corrected chi connectivity index (χ0v) is 12.9. The molecule has 1 saturated carbocycles. The summed E-state index contributed by atoms with van der Waals surface area (Å²) in [6.45, 7) is 0.628. The van der Waals surface area contributed by atoms with Crippen LogP contribution >= 0.6 is 27.5 Å². The van der Waals surface area contributed by atoms with Crippen LogP contribution in [0.5, 0.6) is 5.75 Å². The van der Waals surface area contributed by atoms with Gasteiger partial charge in [-0.2, -0.15) is 0 Å². The van der Waals surface area contributed by atoms with Gasteiger partial charge in [-0.3, -0.25) is 4.79 Å². The Morgan fingerprint density at radius 3 is 2.74 bits per heavy atom. The van der Waals surface area contributed by atoms with Crippen molar-refractivity contribution in [3.63, 3.8) is 0 Å². The van der Waals surface area contributed by atoms with E-state index in [-0.39, 0.29) is 22.6 Å². The number of hydrogen-bond acceptors (Lipinski definition) is 2. The topological polar surface area (TPSA) is 49.3 Å². The number of benzene rings is 1. The van der Waals surface area contributed by atoms with Crippen LogP contribution in [0.2, 0.25) is 5.02 Å². The molecule has 0 atom stereocenters. The van der Waals surface area contributed by atoms with E-state index in [0.717, 1.165) is 18.2 Å². The Bertz CT molecular complexity index is 473. The van der Waals surface area contributed by atoms with Gasteiger partial charge < -0.3 is 10.4 Å². The van der Waals surface area contributed by atoms with Crippen LogP contribution in [0.4, 0.5) is 0 Å². The predicted octanol–water partition coefficient (Wildman–Crippen LogP) is 3.73. The molecule has 0 aliphatic heterocycles. The van der Waals surface area contributed by atoms with Crippen LogP contribution in [0.15, 0.2) is 18.2 Å². The van der Waals surface area contributed by atoms with Crippen molar-refractivity contribution >= 4 is 33.4 Å². The number of hydrogen-bond donors (Lipinski definition) is 2. The minimum atomic E-state index is -0.271. The highest BCUT2D eigenvalue weighted by molar-refractivity contribution is 9.09. The number of halogens is 2. The van der Waals surface area contributed by atoms with Gasteiger partial charge in [-0.15, -0.1) is 0 Å². The number of carbonyl (C=O) groups is 1. The zero-order valence-electron chi connectivity index (χ0n) is 10.6. The highest BCUT2D eigenvalue weighted by atomic mass is 79.9. The average Bonchev–Trinajstić information content (AvgIpc) is 2.88. The molecule has 3 nitrogen and oxygen atoms in total. The summed E-state index contributed by atoms with van der Waals surface area (Å²) in [6.07, 6.45) is 4.67. The van der Waals surface area contributed by atoms with Crippen LogP contribution in [0, 0.1) is 5.41 Å². The van der Waals surface area contributed by atoms with Gasteiger partial charge in [0.1, 0.15) is 5.75 Å². The fourth-order valence-electron chi connectivity index (χ4n) is 2.54. The summed E-state index contributed by atoms with van der Waals surface area (Å²) in [6, 6.07) is 4.49. The van der Waals surface area contributed by atoms with Crippen LogP contribution in [-0.4, -0.2) is 22.9 Å². The molecule has 1 aromatic rings. The Hall–Kier alpha value is -0.740. The van der Waals surface area contributed by atoms with E-state index < -0.39 is 0 Å². The van der Waals surface area contributed by atoms with E-state index in [1.807, 2.05) is 0 Å². The van der Waals surface area contributed by atoms with E-state index in [4.69, 9.17) is 11.6 Å². The van der Waals surface area contributed by atoms with Crippen molar-refractivity contribution in [3.05, 3.63) is 28.8 Å². The molecule has 104 valence electrons. The highest BCUT2D eigenvalue weighted by Crippen LogP contribution is 2.39. The van der Waals surface area contributed by atoms with E-state index in [1.165, 1.54) is 25.0 Å². The van der Waals surface area contributed by atoms with Gasteiger partial charge in [0.15, 0.2) is 0 Å². The molecule has 19 heavy (non-hydrogen) atoms. The minimum absolute atomic E-state index is 0.0405. The smallest absolute Gasteiger partial charge is 0.255 e. The van der Waals surface area contributed by atoms with Crippen molar-refractivity contribution < 1.29 is 9.90 Å². The van der Waals surface area contributed by atoms with Gasteiger partial charge in [0.05, 0.1) is 5.56 Å². The monoisotopic (exact) mass is 345 g/mol. The summed E-state index contributed by atoms with van der Waals surface area (Å²) in [7, 11) is 0. The molecule has 0 spiro atoms. The Balaban J connectivity index is 2.03. The largest absolute Gasteiger partial charge is 0.507 e. The maximum absolute atomic E-state index is 12.1. The zero-order chi connectivity index (χ0) is 13.9. The molecule has 0 heterocycles. The molecule has 1 aliphatic carbocycles. The van der Waals surface area contributed by atoms with Crippen molar-refractivity contribution in [3.8, 4) is 5.75 Å². The number of alkyl halides is 1. The number of amides is 1. The first kappa shape index (κ1) is 14.7. The number of phenolic OH excluding ortho intramolecular Hbond substituents is 1. The summed E-state index contributed by atoms with van der Waals surface area (Å²) in [5.41, 5.74) is 0.388. The van der Waals surface area contributed by atoms with Crippen LogP contribution in [0.25, 0.3) is 0 Å².